The van der Waals surface area contributed by atoms with Crippen molar-refractivity contribution in [3.8, 4) is 0 Å². The fourth-order valence-corrected chi connectivity index (χ4v) is 3.11. The van der Waals surface area contributed by atoms with Crippen LogP contribution in [0.25, 0.3) is 0 Å². The van der Waals surface area contributed by atoms with Crippen LogP contribution in [-0.4, -0.2) is 0 Å². The summed E-state index contributed by atoms with van der Waals surface area (Å²) in [6, 6.07) is 8.97. The number of thiophene rings is 1. The quantitative estimate of drug-likeness (QED) is 0.877. The highest BCUT2D eigenvalue weighted by molar-refractivity contribution is 7.12. The van der Waals surface area contributed by atoms with Crippen molar-refractivity contribution < 1.29 is 0 Å². The fraction of sp³-hybridized carbons (Fsp3) is 0.375. The largest absolute Gasteiger partial charge is 0.323 e. The van der Waals surface area contributed by atoms with Crippen LogP contribution in [-0.2, 0) is 6.42 Å². The zero-order valence-corrected chi connectivity index (χ0v) is 12.4. The Morgan fingerprint density at radius 2 is 1.72 bits per heavy atom. The van der Waals surface area contributed by atoms with Gasteiger partial charge in [0.25, 0.3) is 0 Å². The molecule has 0 saturated carbocycles. The second-order valence-electron chi connectivity index (χ2n) is 5.12. The number of rotatable bonds is 3. The molecule has 1 heterocycles. The standard InChI is InChI=1S/C16H21NS/c1-10-5-6-14(7-11(10)2)9-15(17)16-8-12(3)13(4)18-16/h5-8,15H,9,17H2,1-4H3. The van der Waals surface area contributed by atoms with Crippen LogP contribution in [0.5, 0.6) is 0 Å². The number of benzene rings is 1. The van der Waals surface area contributed by atoms with Crippen LogP contribution in [0.1, 0.15) is 38.0 Å². The minimum Gasteiger partial charge on any atom is -0.323 e. The van der Waals surface area contributed by atoms with Crippen molar-refractivity contribution in [3.63, 3.8) is 0 Å². The van der Waals surface area contributed by atoms with Crippen molar-refractivity contribution in [3.05, 3.63) is 56.3 Å². The summed E-state index contributed by atoms with van der Waals surface area (Å²) >= 11 is 1.82. The highest BCUT2D eigenvalue weighted by Gasteiger charge is 2.11. The van der Waals surface area contributed by atoms with E-state index >= 15 is 0 Å². The van der Waals surface area contributed by atoms with E-state index in [-0.39, 0.29) is 6.04 Å². The number of hydrogen-bond acceptors (Lipinski definition) is 2. The van der Waals surface area contributed by atoms with Gasteiger partial charge in [0, 0.05) is 15.8 Å². The Labute approximate surface area is 114 Å². The molecule has 0 aliphatic rings. The lowest BCUT2D eigenvalue weighted by Crippen LogP contribution is -2.11. The molecule has 1 unspecified atom stereocenters. The van der Waals surface area contributed by atoms with Crippen molar-refractivity contribution >= 4 is 11.3 Å². The molecule has 2 rings (SSSR count). The topological polar surface area (TPSA) is 26.0 Å². The Morgan fingerprint density at radius 3 is 2.28 bits per heavy atom. The molecule has 0 bridgehead atoms. The first-order chi connectivity index (χ1) is 8.47. The van der Waals surface area contributed by atoms with Crippen LogP contribution in [0.15, 0.2) is 24.3 Å². The van der Waals surface area contributed by atoms with Gasteiger partial charge in [-0.15, -0.1) is 11.3 Å². The van der Waals surface area contributed by atoms with E-state index in [4.69, 9.17) is 5.73 Å². The van der Waals surface area contributed by atoms with Gasteiger partial charge in [-0.3, -0.25) is 0 Å². The van der Waals surface area contributed by atoms with Crippen LogP contribution in [0, 0.1) is 27.7 Å². The third-order valence-electron chi connectivity index (χ3n) is 3.58. The minimum absolute atomic E-state index is 0.115. The highest BCUT2D eigenvalue weighted by atomic mass is 32.1. The summed E-state index contributed by atoms with van der Waals surface area (Å²) < 4.78 is 0. The van der Waals surface area contributed by atoms with Crippen molar-refractivity contribution in [2.45, 2.75) is 40.2 Å². The second kappa shape index (κ2) is 5.25. The lowest BCUT2D eigenvalue weighted by Gasteiger charge is -2.11. The normalized spacial score (nSPS) is 12.7. The summed E-state index contributed by atoms with van der Waals surface area (Å²) in [7, 11) is 0. The van der Waals surface area contributed by atoms with Crippen molar-refractivity contribution in [2.75, 3.05) is 0 Å². The van der Waals surface area contributed by atoms with Crippen LogP contribution >= 0.6 is 11.3 Å². The SMILES string of the molecule is Cc1ccc(CC(N)c2cc(C)c(C)s2)cc1C. The maximum Gasteiger partial charge on any atom is 0.0430 e. The lowest BCUT2D eigenvalue weighted by molar-refractivity contribution is 0.735. The van der Waals surface area contributed by atoms with Crippen molar-refractivity contribution in [1.29, 1.82) is 0 Å². The molecule has 0 spiro atoms. The van der Waals surface area contributed by atoms with E-state index in [1.54, 1.807) is 0 Å². The van der Waals surface area contributed by atoms with Crippen LogP contribution in [0.3, 0.4) is 0 Å². The Bertz CT molecular complexity index is 535. The van der Waals surface area contributed by atoms with Gasteiger partial charge < -0.3 is 5.73 Å². The van der Waals surface area contributed by atoms with Gasteiger partial charge in [0.2, 0.25) is 0 Å². The highest BCUT2D eigenvalue weighted by Crippen LogP contribution is 2.27. The summed E-state index contributed by atoms with van der Waals surface area (Å²) in [4.78, 5) is 2.67. The summed E-state index contributed by atoms with van der Waals surface area (Å²) in [5.41, 5.74) is 11.7. The summed E-state index contributed by atoms with van der Waals surface area (Å²) in [6.07, 6.45) is 0.917. The van der Waals surface area contributed by atoms with Crippen molar-refractivity contribution in [1.82, 2.24) is 0 Å². The maximum absolute atomic E-state index is 6.31. The van der Waals surface area contributed by atoms with E-state index in [0.717, 1.165) is 6.42 Å². The predicted molar refractivity (Wildman–Crippen MR) is 80.3 cm³/mol. The lowest BCUT2D eigenvalue weighted by atomic mass is 10.0. The molecular formula is C16H21NS. The first-order valence-electron chi connectivity index (χ1n) is 6.36. The van der Waals surface area contributed by atoms with Gasteiger partial charge in [0.1, 0.15) is 0 Å². The number of aryl methyl sites for hydroxylation is 4. The molecule has 2 heteroatoms. The Kier molecular flexibility index (Phi) is 3.88. The van der Waals surface area contributed by atoms with Crippen molar-refractivity contribution in [2.24, 2.45) is 5.73 Å². The first-order valence-corrected chi connectivity index (χ1v) is 7.17. The van der Waals surface area contributed by atoms with E-state index in [0.29, 0.717) is 0 Å². The summed E-state index contributed by atoms with van der Waals surface area (Å²) in [6.45, 7) is 8.61. The predicted octanol–water partition coefficient (Wildman–Crippen LogP) is 4.22. The van der Waals surface area contributed by atoms with E-state index in [1.165, 1.54) is 32.0 Å². The number of nitrogens with two attached hydrogens (primary N) is 1. The molecule has 0 aliphatic carbocycles. The monoisotopic (exact) mass is 259 g/mol. The van der Waals surface area contributed by atoms with E-state index in [9.17, 15) is 0 Å². The molecule has 0 amide bonds. The van der Waals surface area contributed by atoms with Gasteiger partial charge in [-0.05, 0) is 62.4 Å². The van der Waals surface area contributed by atoms with Gasteiger partial charge in [0.05, 0.1) is 0 Å². The Balaban J connectivity index is 2.15. The molecule has 1 nitrogen and oxygen atoms in total. The molecule has 1 aromatic carbocycles. The number of hydrogen-bond donors (Lipinski definition) is 1. The van der Waals surface area contributed by atoms with Gasteiger partial charge in [-0.2, -0.15) is 0 Å². The summed E-state index contributed by atoms with van der Waals surface area (Å²) in [5.74, 6) is 0. The van der Waals surface area contributed by atoms with Gasteiger partial charge in [-0.1, -0.05) is 18.2 Å². The Morgan fingerprint density at radius 1 is 1.00 bits per heavy atom. The van der Waals surface area contributed by atoms with Crippen LogP contribution in [0.2, 0.25) is 0 Å². The third kappa shape index (κ3) is 2.82. The average molecular weight is 259 g/mol. The average Bonchev–Trinajstić information content (AvgIpc) is 2.65. The molecule has 18 heavy (non-hydrogen) atoms. The van der Waals surface area contributed by atoms with Crippen LogP contribution < -0.4 is 5.73 Å². The molecule has 2 N–H and O–H groups in total. The van der Waals surface area contributed by atoms with Crippen LogP contribution in [0.4, 0.5) is 0 Å². The molecule has 0 radical (unpaired) electrons. The van der Waals surface area contributed by atoms with Gasteiger partial charge in [0.15, 0.2) is 0 Å². The van der Waals surface area contributed by atoms with E-state index < -0.39 is 0 Å². The molecule has 96 valence electrons. The molecule has 0 aliphatic heterocycles. The van der Waals surface area contributed by atoms with E-state index in [1.807, 2.05) is 11.3 Å². The summed E-state index contributed by atoms with van der Waals surface area (Å²) in [5, 5.41) is 0. The fourth-order valence-electron chi connectivity index (χ4n) is 2.07. The second-order valence-corrected chi connectivity index (χ2v) is 6.41. The Hall–Kier alpha value is -1.12. The first kappa shape index (κ1) is 13.3. The third-order valence-corrected chi connectivity index (χ3v) is 4.86. The molecule has 0 fully saturated rings. The molecule has 2 aromatic rings. The molecular weight excluding hydrogens is 238 g/mol. The minimum atomic E-state index is 0.115. The molecule has 0 saturated heterocycles. The molecule has 1 atom stereocenters. The zero-order valence-electron chi connectivity index (χ0n) is 11.6. The van der Waals surface area contributed by atoms with E-state index in [2.05, 4.69) is 52.0 Å². The maximum atomic E-state index is 6.31. The molecule has 1 aromatic heterocycles. The van der Waals surface area contributed by atoms with Gasteiger partial charge >= 0.3 is 0 Å². The van der Waals surface area contributed by atoms with Gasteiger partial charge in [-0.25, -0.2) is 0 Å². The zero-order chi connectivity index (χ0) is 13.3. The smallest absolute Gasteiger partial charge is 0.0430 e.